The summed E-state index contributed by atoms with van der Waals surface area (Å²) in [7, 11) is 0. The van der Waals surface area contributed by atoms with Crippen LogP contribution >= 0.6 is 0 Å². The van der Waals surface area contributed by atoms with E-state index >= 15 is 0 Å². The van der Waals surface area contributed by atoms with Crippen LogP contribution < -0.4 is 0 Å². The number of hydrogen-bond acceptors (Lipinski definition) is 6. The van der Waals surface area contributed by atoms with E-state index in [1.165, 1.54) is 12.0 Å². The van der Waals surface area contributed by atoms with E-state index in [1.807, 2.05) is 29.3 Å². The largest absolute Gasteiger partial charge is 0.332 e. The number of benzene rings is 2. The third-order valence-electron chi connectivity index (χ3n) is 5.81. The van der Waals surface area contributed by atoms with Crippen LogP contribution in [0.1, 0.15) is 42.8 Å². The lowest BCUT2D eigenvalue weighted by atomic mass is 10.0. The van der Waals surface area contributed by atoms with Gasteiger partial charge in [0.2, 0.25) is 5.82 Å². The summed E-state index contributed by atoms with van der Waals surface area (Å²) in [6.45, 7) is 5.78. The zero-order valence-corrected chi connectivity index (χ0v) is 17.0. The Morgan fingerprint density at radius 1 is 1.13 bits per heavy atom. The molecule has 2 aliphatic heterocycles. The number of halogens is 1. The summed E-state index contributed by atoms with van der Waals surface area (Å²) in [6.07, 6.45) is 1.90. The van der Waals surface area contributed by atoms with Gasteiger partial charge in [0.15, 0.2) is 0 Å². The molecule has 1 unspecified atom stereocenters. The lowest BCUT2D eigenvalue weighted by Crippen LogP contribution is -2.36. The summed E-state index contributed by atoms with van der Waals surface area (Å²) >= 11 is 0. The fourth-order valence-corrected chi connectivity index (χ4v) is 4.03. The van der Waals surface area contributed by atoms with Gasteiger partial charge in [-0.1, -0.05) is 41.6 Å². The molecule has 0 radical (unpaired) electrons. The predicted octanol–water partition coefficient (Wildman–Crippen LogP) is 4.25. The van der Waals surface area contributed by atoms with Crippen molar-refractivity contribution in [2.75, 3.05) is 19.6 Å². The molecule has 30 heavy (non-hydrogen) atoms. The predicted molar refractivity (Wildman–Crippen MR) is 112 cm³/mol. The standard InChI is InChI=1S/C23H24FN5O/c1-2-29-21(17-7-4-3-5-8-17)14-20(26-29)23-25-22(27-30-23)18-10-9-16(13-19(18)24)15-28-11-6-12-28/h3-5,7-10,13,21H,2,6,11-12,14-15H2,1H3. The molecule has 1 fully saturated rings. The zero-order valence-electron chi connectivity index (χ0n) is 17.0. The molecule has 1 aromatic heterocycles. The van der Waals surface area contributed by atoms with Gasteiger partial charge < -0.3 is 4.52 Å². The van der Waals surface area contributed by atoms with Gasteiger partial charge >= 0.3 is 0 Å². The van der Waals surface area contributed by atoms with Crippen LogP contribution in [0, 0.1) is 5.82 Å². The third-order valence-corrected chi connectivity index (χ3v) is 5.81. The van der Waals surface area contributed by atoms with Gasteiger partial charge in [-0.15, -0.1) is 0 Å². The molecule has 3 aromatic rings. The smallest absolute Gasteiger partial charge is 0.274 e. The van der Waals surface area contributed by atoms with E-state index in [0.717, 1.165) is 37.5 Å². The van der Waals surface area contributed by atoms with Crippen LogP contribution in [0.25, 0.3) is 11.4 Å². The number of nitrogens with zero attached hydrogens (tertiary/aromatic N) is 5. The molecule has 0 saturated carbocycles. The normalized spacial score (nSPS) is 19.1. The molecule has 7 heteroatoms. The second-order valence-electron chi connectivity index (χ2n) is 7.80. The molecule has 154 valence electrons. The van der Waals surface area contributed by atoms with Crippen LogP contribution in [-0.4, -0.2) is 45.4 Å². The van der Waals surface area contributed by atoms with Crippen LogP contribution in [0.3, 0.4) is 0 Å². The Bertz CT molecular complexity index is 1060. The van der Waals surface area contributed by atoms with Gasteiger partial charge in [0.05, 0.1) is 11.6 Å². The van der Waals surface area contributed by atoms with Crippen molar-refractivity contribution in [2.24, 2.45) is 5.10 Å². The minimum atomic E-state index is -0.328. The Labute approximate surface area is 175 Å². The summed E-state index contributed by atoms with van der Waals surface area (Å²) in [5.41, 5.74) is 3.24. The maximum absolute atomic E-state index is 14.7. The molecule has 0 aliphatic carbocycles. The Balaban J connectivity index is 1.35. The minimum absolute atomic E-state index is 0.138. The highest BCUT2D eigenvalue weighted by atomic mass is 19.1. The lowest BCUT2D eigenvalue weighted by molar-refractivity contribution is 0.172. The van der Waals surface area contributed by atoms with Crippen LogP contribution in [0.5, 0.6) is 0 Å². The summed E-state index contributed by atoms with van der Waals surface area (Å²) < 4.78 is 20.2. The summed E-state index contributed by atoms with van der Waals surface area (Å²) in [6, 6.07) is 15.6. The van der Waals surface area contributed by atoms with E-state index in [1.54, 1.807) is 12.1 Å². The second kappa shape index (κ2) is 7.99. The first kappa shape index (κ1) is 18.9. The van der Waals surface area contributed by atoms with Crippen LogP contribution in [0.4, 0.5) is 4.39 Å². The van der Waals surface area contributed by atoms with Gasteiger partial charge in [-0.2, -0.15) is 10.1 Å². The van der Waals surface area contributed by atoms with E-state index in [-0.39, 0.29) is 17.7 Å². The highest BCUT2D eigenvalue weighted by Crippen LogP contribution is 2.32. The fraction of sp³-hybridized carbons (Fsp3) is 0.348. The van der Waals surface area contributed by atoms with Crippen molar-refractivity contribution in [1.29, 1.82) is 0 Å². The van der Waals surface area contributed by atoms with Gasteiger partial charge in [-0.3, -0.25) is 9.91 Å². The summed E-state index contributed by atoms with van der Waals surface area (Å²) in [5.74, 6) is 0.281. The molecule has 6 nitrogen and oxygen atoms in total. The third kappa shape index (κ3) is 3.61. The molecule has 1 atom stereocenters. The lowest BCUT2D eigenvalue weighted by Gasteiger charge is -2.30. The molecule has 3 heterocycles. The average molecular weight is 405 g/mol. The van der Waals surface area contributed by atoms with Gasteiger partial charge in [0.25, 0.3) is 5.89 Å². The van der Waals surface area contributed by atoms with Crippen molar-refractivity contribution < 1.29 is 8.91 Å². The summed E-state index contributed by atoms with van der Waals surface area (Å²) in [4.78, 5) is 6.75. The SMILES string of the molecule is CCN1N=C(c2nc(-c3ccc(CN4CCC4)cc3F)no2)CC1c1ccccc1. The molecule has 2 aliphatic rings. The van der Waals surface area contributed by atoms with E-state index < -0.39 is 0 Å². The molecule has 0 bridgehead atoms. The molecule has 0 N–H and O–H groups in total. The monoisotopic (exact) mass is 405 g/mol. The highest BCUT2D eigenvalue weighted by molar-refractivity contribution is 5.98. The Hall–Kier alpha value is -3.06. The first-order chi connectivity index (χ1) is 14.7. The van der Waals surface area contributed by atoms with Crippen molar-refractivity contribution in [3.05, 3.63) is 71.4 Å². The number of rotatable bonds is 6. The van der Waals surface area contributed by atoms with Crippen molar-refractivity contribution in [1.82, 2.24) is 20.0 Å². The Kier molecular flexibility index (Phi) is 5.04. The van der Waals surface area contributed by atoms with Gasteiger partial charge in [-0.25, -0.2) is 4.39 Å². The maximum atomic E-state index is 14.7. The minimum Gasteiger partial charge on any atom is -0.332 e. The molecule has 5 rings (SSSR count). The molecular weight excluding hydrogens is 381 g/mol. The first-order valence-corrected chi connectivity index (χ1v) is 10.5. The molecular formula is C23H24FN5O. The van der Waals surface area contributed by atoms with Gasteiger partial charge in [-0.05, 0) is 49.7 Å². The molecule has 0 amide bonds. The average Bonchev–Trinajstić information content (AvgIpc) is 3.38. The van der Waals surface area contributed by atoms with Crippen LogP contribution in [0.15, 0.2) is 58.2 Å². The Morgan fingerprint density at radius 3 is 2.67 bits per heavy atom. The van der Waals surface area contributed by atoms with Crippen molar-refractivity contribution in [3.8, 4) is 11.4 Å². The van der Waals surface area contributed by atoms with E-state index in [4.69, 9.17) is 4.52 Å². The van der Waals surface area contributed by atoms with Crippen molar-refractivity contribution >= 4 is 5.71 Å². The zero-order chi connectivity index (χ0) is 20.5. The topological polar surface area (TPSA) is 57.8 Å². The van der Waals surface area contributed by atoms with Crippen LogP contribution in [-0.2, 0) is 6.54 Å². The number of aromatic nitrogens is 2. The van der Waals surface area contributed by atoms with Gasteiger partial charge in [0.1, 0.15) is 11.5 Å². The van der Waals surface area contributed by atoms with Gasteiger partial charge in [0, 0.05) is 19.5 Å². The summed E-state index contributed by atoms with van der Waals surface area (Å²) in [5, 5.41) is 10.7. The fourth-order valence-electron chi connectivity index (χ4n) is 4.03. The van der Waals surface area contributed by atoms with E-state index in [2.05, 4.69) is 39.2 Å². The Morgan fingerprint density at radius 2 is 1.97 bits per heavy atom. The second-order valence-corrected chi connectivity index (χ2v) is 7.80. The van der Waals surface area contributed by atoms with Crippen molar-refractivity contribution in [2.45, 2.75) is 32.4 Å². The molecule has 1 saturated heterocycles. The van der Waals surface area contributed by atoms with E-state index in [9.17, 15) is 4.39 Å². The number of hydrogen-bond donors (Lipinski definition) is 0. The van der Waals surface area contributed by atoms with Crippen molar-refractivity contribution in [3.63, 3.8) is 0 Å². The quantitative estimate of drug-likeness (QED) is 0.614. The van der Waals surface area contributed by atoms with Crippen LogP contribution in [0.2, 0.25) is 0 Å². The number of likely N-dealkylation sites (tertiary alicyclic amines) is 1. The highest BCUT2D eigenvalue weighted by Gasteiger charge is 2.30. The van der Waals surface area contributed by atoms with E-state index in [0.29, 0.717) is 17.9 Å². The number of hydrazone groups is 1. The molecule has 0 spiro atoms. The molecule has 2 aromatic carbocycles. The maximum Gasteiger partial charge on any atom is 0.274 e. The first-order valence-electron chi connectivity index (χ1n) is 10.5.